The zero-order valence-corrected chi connectivity index (χ0v) is 11.6. The lowest BCUT2D eigenvalue weighted by molar-refractivity contribution is 0.241. The minimum absolute atomic E-state index is 0.116. The number of rotatable bonds is 7. The maximum atomic E-state index is 11.9. The highest BCUT2D eigenvalue weighted by atomic mass is 32.2. The van der Waals surface area contributed by atoms with E-state index in [9.17, 15) is 8.42 Å². The molecule has 0 aromatic carbocycles. The van der Waals surface area contributed by atoms with Gasteiger partial charge in [-0.25, -0.2) is 4.72 Å². The molecule has 6 heteroatoms. The van der Waals surface area contributed by atoms with Crippen LogP contribution in [0, 0.1) is 5.41 Å². The predicted octanol–water partition coefficient (Wildman–Crippen LogP) is 0.715. The normalized spacial score (nSPS) is 18.8. The second-order valence-corrected chi connectivity index (χ2v) is 7.18. The van der Waals surface area contributed by atoms with Crippen molar-refractivity contribution < 1.29 is 13.5 Å². The molecule has 17 heavy (non-hydrogen) atoms. The van der Waals surface area contributed by atoms with Crippen LogP contribution in [0.25, 0.3) is 0 Å². The molecule has 0 radical (unpaired) electrons. The molecule has 0 unspecified atom stereocenters. The Hall–Kier alpha value is -0.170. The lowest BCUT2D eigenvalue weighted by Gasteiger charge is -2.26. The fourth-order valence-corrected chi connectivity index (χ4v) is 3.45. The van der Waals surface area contributed by atoms with E-state index in [0.29, 0.717) is 26.1 Å². The van der Waals surface area contributed by atoms with Gasteiger partial charge < -0.3 is 5.11 Å². The molecule has 0 amide bonds. The zero-order chi connectivity index (χ0) is 12.9. The van der Waals surface area contributed by atoms with E-state index in [-0.39, 0.29) is 12.0 Å². The van der Waals surface area contributed by atoms with Crippen LogP contribution in [0.2, 0.25) is 0 Å². The van der Waals surface area contributed by atoms with Crippen molar-refractivity contribution in [3.05, 3.63) is 0 Å². The van der Waals surface area contributed by atoms with E-state index in [1.807, 2.05) is 13.8 Å². The van der Waals surface area contributed by atoms with Crippen LogP contribution in [0.5, 0.6) is 0 Å². The highest BCUT2D eigenvalue weighted by Gasteiger charge is 2.27. The molecule has 5 nitrogen and oxygen atoms in total. The van der Waals surface area contributed by atoms with Gasteiger partial charge in [0.2, 0.25) is 0 Å². The van der Waals surface area contributed by atoms with Crippen LogP contribution < -0.4 is 4.72 Å². The van der Waals surface area contributed by atoms with Gasteiger partial charge in [0.05, 0.1) is 0 Å². The minimum Gasteiger partial charge on any atom is -0.396 e. The largest absolute Gasteiger partial charge is 0.396 e. The van der Waals surface area contributed by atoms with Gasteiger partial charge in [0.15, 0.2) is 0 Å². The Morgan fingerprint density at radius 2 is 1.88 bits per heavy atom. The summed E-state index contributed by atoms with van der Waals surface area (Å²) >= 11 is 0. The third kappa shape index (κ3) is 4.91. The maximum Gasteiger partial charge on any atom is 0.279 e. The number of nitrogens with zero attached hydrogens (tertiary/aromatic N) is 1. The van der Waals surface area contributed by atoms with Gasteiger partial charge in [-0.05, 0) is 31.1 Å². The monoisotopic (exact) mass is 264 g/mol. The Balaban J connectivity index is 2.43. The summed E-state index contributed by atoms with van der Waals surface area (Å²) in [6, 6.07) is 0. The minimum atomic E-state index is -3.30. The Bertz CT molecular complexity index is 322. The van der Waals surface area contributed by atoms with Crippen LogP contribution in [-0.2, 0) is 10.2 Å². The van der Waals surface area contributed by atoms with Crippen molar-refractivity contribution in [1.29, 1.82) is 0 Å². The quantitative estimate of drug-likeness (QED) is 0.711. The summed E-state index contributed by atoms with van der Waals surface area (Å²) in [7, 11) is -3.30. The molecule has 0 spiro atoms. The molecule has 1 fully saturated rings. The zero-order valence-electron chi connectivity index (χ0n) is 10.8. The van der Waals surface area contributed by atoms with Crippen molar-refractivity contribution in [1.82, 2.24) is 9.03 Å². The number of hydrogen-bond donors (Lipinski definition) is 2. The second kappa shape index (κ2) is 6.13. The molecule has 1 aliphatic heterocycles. The van der Waals surface area contributed by atoms with Gasteiger partial charge in [-0.15, -0.1) is 0 Å². The Kier molecular flexibility index (Phi) is 5.37. The molecule has 2 N–H and O–H groups in total. The van der Waals surface area contributed by atoms with Crippen molar-refractivity contribution >= 4 is 10.2 Å². The smallest absolute Gasteiger partial charge is 0.279 e. The van der Waals surface area contributed by atoms with Crippen molar-refractivity contribution in [3.63, 3.8) is 0 Å². The second-order valence-electron chi connectivity index (χ2n) is 5.42. The van der Waals surface area contributed by atoms with E-state index in [2.05, 4.69) is 4.72 Å². The molecular formula is C11H24N2O3S. The van der Waals surface area contributed by atoms with Gasteiger partial charge in [0.1, 0.15) is 0 Å². The van der Waals surface area contributed by atoms with Crippen LogP contribution >= 0.6 is 0 Å². The first-order valence-corrected chi connectivity index (χ1v) is 7.67. The van der Waals surface area contributed by atoms with E-state index in [0.717, 1.165) is 19.3 Å². The summed E-state index contributed by atoms with van der Waals surface area (Å²) in [5, 5.41) is 8.78. The van der Waals surface area contributed by atoms with Gasteiger partial charge in [-0.2, -0.15) is 12.7 Å². The topological polar surface area (TPSA) is 69.6 Å². The average Bonchev–Trinajstić information content (AvgIpc) is 2.78. The summed E-state index contributed by atoms with van der Waals surface area (Å²) in [6.07, 6.45) is 3.42. The van der Waals surface area contributed by atoms with E-state index in [1.54, 1.807) is 0 Å². The van der Waals surface area contributed by atoms with E-state index in [4.69, 9.17) is 5.11 Å². The first kappa shape index (κ1) is 14.9. The fraction of sp³-hybridized carbons (Fsp3) is 1.00. The molecule has 1 saturated heterocycles. The lowest BCUT2D eigenvalue weighted by Crippen LogP contribution is -2.42. The number of nitrogens with one attached hydrogen (secondary N) is 1. The molecule has 0 aliphatic carbocycles. The molecule has 0 aromatic rings. The van der Waals surface area contributed by atoms with Crippen molar-refractivity contribution in [2.24, 2.45) is 5.41 Å². The van der Waals surface area contributed by atoms with Crippen LogP contribution in [0.1, 0.15) is 39.5 Å². The molecule has 1 rings (SSSR count). The summed E-state index contributed by atoms with van der Waals surface area (Å²) < 4.78 is 28.0. The Labute approximate surface area is 104 Å². The lowest BCUT2D eigenvalue weighted by atomic mass is 9.88. The molecule has 102 valence electrons. The van der Waals surface area contributed by atoms with Gasteiger partial charge >= 0.3 is 0 Å². The van der Waals surface area contributed by atoms with Gasteiger partial charge in [0, 0.05) is 26.2 Å². The fourth-order valence-electron chi connectivity index (χ4n) is 1.95. The van der Waals surface area contributed by atoms with Crippen molar-refractivity contribution in [3.8, 4) is 0 Å². The number of hydrogen-bond acceptors (Lipinski definition) is 3. The maximum absolute atomic E-state index is 11.9. The van der Waals surface area contributed by atoms with Crippen LogP contribution in [-0.4, -0.2) is 44.1 Å². The van der Waals surface area contributed by atoms with Crippen LogP contribution in [0.3, 0.4) is 0 Å². The van der Waals surface area contributed by atoms with Crippen LogP contribution in [0.4, 0.5) is 0 Å². The van der Waals surface area contributed by atoms with Crippen molar-refractivity contribution in [2.45, 2.75) is 39.5 Å². The number of aliphatic hydroxyl groups excluding tert-OH is 1. The SMILES string of the molecule is CC(C)(CCCO)CNS(=O)(=O)N1CCCC1. The summed E-state index contributed by atoms with van der Waals surface area (Å²) in [5.41, 5.74) is -0.116. The molecule has 0 bridgehead atoms. The average molecular weight is 264 g/mol. The summed E-state index contributed by atoms with van der Waals surface area (Å²) in [5.74, 6) is 0. The van der Waals surface area contributed by atoms with E-state index < -0.39 is 10.2 Å². The first-order valence-electron chi connectivity index (χ1n) is 6.23. The van der Waals surface area contributed by atoms with Gasteiger partial charge in [-0.3, -0.25) is 0 Å². The first-order chi connectivity index (χ1) is 7.87. The standard InChI is InChI=1S/C11H24N2O3S/c1-11(2,6-5-9-14)10-12-17(15,16)13-7-3-4-8-13/h12,14H,3-10H2,1-2H3. The molecule has 0 saturated carbocycles. The summed E-state index contributed by atoms with van der Waals surface area (Å²) in [6.45, 7) is 5.86. The Morgan fingerprint density at radius 1 is 1.29 bits per heavy atom. The highest BCUT2D eigenvalue weighted by Crippen LogP contribution is 2.21. The van der Waals surface area contributed by atoms with E-state index in [1.165, 1.54) is 4.31 Å². The predicted molar refractivity (Wildman–Crippen MR) is 67.8 cm³/mol. The van der Waals surface area contributed by atoms with E-state index >= 15 is 0 Å². The Morgan fingerprint density at radius 3 is 2.41 bits per heavy atom. The van der Waals surface area contributed by atoms with Crippen molar-refractivity contribution in [2.75, 3.05) is 26.2 Å². The third-order valence-electron chi connectivity index (χ3n) is 3.15. The molecule has 1 heterocycles. The molecule has 1 aliphatic rings. The third-order valence-corrected chi connectivity index (χ3v) is 4.70. The van der Waals surface area contributed by atoms with Gasteiger partial charge in [0.25, 0.3) is 10.2 Å². The van der Waals surface area contributed by atoms with Crippen LogP contribution in [0.15, 0.2) is 0 Å². The molecular weight excluding hydrogens is 240 g/mol. The number of aliphatic hydroxyl groups is 1. The highest BCUT2D eigenvalue weighted by molar-refractivity contribution is 7.87. The summed E-state index contributed by atoms with van der Waals surface area (Å²) in [4.78, 5) is 0. The molecule has 0 atom stereocenters. The van der Waals surface area contributed by atoms with Gasteiger partial charge in [-0.1, -0.05) is 13.8 Å². The molecule has 0 aromatic heterocycles.